The maximum atomic E-state index is 11.8. The molecule has 4 nitrogen and oxygen atoms in total. The zero-order chi connectivity index (χ0) is 22.2. The zero-order valence-corrected chi connectivity index (χ0v) is 19.2. The Morgan fingerprint density at radius 2 is 1.13 bits per heavy atom. The molecule has 1 aromatic carbocycles. The molecule has 1 aromatic rings. The van der Waals surface area contributed by atoms with E-state index in [2.05, 4.69) is 13.8 Å². The van der Waals surface area contributed by atoms with Crippen molar-refractivity contribution in [1.82, 2.24) is 0 Å². The predicted octanol–water partition coefficient (Wildman–Crippen LogP) is 7.67. The molecule has 0 bridgehead atoms. The van der Waals surface area contributed by atoms with E-state index in [0.29, 0.717) is 6.42 Å². The first kappa shape index (κ1) is 26.2. The Kier molecular flexibility index (Phi) is 13.9. The SMILES string of the molecule is CCCCCCCCCCCCCCc1c(CCCC)ccc(C(=O)O)c1C(=O)O. The van der Waals surface area contributed by atoms with Crippen molar-refractivity contribution in [3.8, 4) is 0 Å². The molecule has 0 aliphatic heterocycles. The molecule has 0 aliphatic carbocycles. The summed E-state index contributed by atoms with van der Waals surface area (Å²) in [6, 6.07) is 3.28. The van der Waals surface area contributed by atoms with Crippen LogP contribution in [0.2, 0.25) is 0 Å². The molecule has 0 saturated carbocycles. The van der Waals surface area contributed by atoms with Gasteiger partial charge in [-0.3, -0.25) is 0 Å². The number of rotatable bonds is 18. The van der Waals surface area contributed by atoms with Crippen molar-refractivity contribution < 1.29 is 19.8 Å². The van der Waals surface area contributed by atoms with Gasteiger partial charge in [-0.25, -0.2) is 9.59 Å². The van der Waals surface area contributed by atoms with Crippen molar-refractivity contribution in [2.24, 2.45) is 0 Å². The summed E-state index contributed by atoms with van der Waals surface area (Å²) in [6.45, 7) is 4.35. The number of carboxylic acid groups (broad SMARTS) is 2. The third kappa shape index (κ3) is 9.77. The van der Waals surface area contributed by atoms with Gasteiger partial charge in [0.25, 0.3) is 0 Å². The van der Waals surface area contributed by atoms with Crippen LogP contribution < -0.4 is 0 Å². The first-order valence-corrected chi connectivity index (χ1v) is 12.1. The van der Waals surface area contributed by atoms with Gasteiger partial charge in [0.2, 0.25) is 0 Å². The molecule has 2 N–H and O–H groups in total. The smallest absolute Gasteiger partial charge is 0.336 e. The number of aromatic carboxylic acids is 2. The zero-order valence-electron chi connectivity index (χ0n) is 19.2. The van der Waals surface area contributed by atoms with Gasteiger partial charge < -0.3 is 10.2 Å². The molecular formula is C26H42O4. The molecule has 0 aliphatic rings. The van der Waals surface area contributed by atoms with Gasteiger partial charge in [-0.15, -0.1) is 0 Å². The van der Waals surface area contributed by atoms with Gasteiger partial charge in [-0.05, 0) is 42.9 Å². The molecule has 0 atom stereocenters. The van der Waals surface area contributed by atoms with Gasteiger partial charge in [-0.1, -0.05) is 97.0 Å². The van der Waals surface area contributed by atoms with Crippen LogP contribution in [0.15, 0.2) is 12.1 Å². The molecule has 0 fully saturated rings. The molecule has 0 amide bonds. The van der Waals surface area contributed by atoms with Crippen LogP contribution in [-0.4, -0.2) is 22.2 Å². The monoisotopic (exact) mass is 418 g/mol. The molecule has 170 valence electrons. The van der Waals surface area contributed by atoms with Gasteiger partial charge in [0.05, 0.1) is 11.1 Å². The van der Waals surface area contributed by atoms with Gasteiger partial charge in [0, 0.05) is 0 Å². The van der Waals surface area contributed by atoms with Crippen LogP contribution in [0.1, 0.15) is 136 Å². The molecule has 0 aromatic heterocycles. The maximum absolute atomic E-state index is 11.8. The molecule has 0 unspecified atom stereocenters. The van der Waals surface area contributed by atoms with Crippen LogP contribution in [0.5, 0.6) is 0 Å². The fraction of sp³-hybridized carbons (Fsp3) is 0.692. The van der Waals surface area contributed by atoms with Crippen molar-refractivity contribution in [3.63, 3.8) is 0 Å². The number of benzene rings is 1. The van der Waals surface area contributed by atoms with Crippen LogP contribution in [0, 0.1) is 0 Å². The maximum Gasteiger partial charge on any atom is 0.336 e. The lowest BCUT2D eigenvalue weighted by atomic mass is 9.89. The highest BCUT2D eigenvalue weighted by Gasteiger charge is 2.22. The normalized spacial score (nSPS) is 11.0. The lowest BCUT2D eigenvalue weighted by molar-refractivity contribution is 0.0650. The minimum Gasteiger partial charge on any atom is -0.478 e. The number of carboxylic acids is 2. The second-order valence-corrected chi connectivity index (χ2v) is 8.48. The summed E-state index contributed by atoms with van der Waals surface area (Å²) in [5.74, 6) is -2.29. The average Bonchev–Trinajstić information content (AvgIpc) is 2.72. The van der Waals surface area contributed by atoms with Crippen LogP contribution in [-0.2, 0) is 12.8 Å². The Morgan fingerprint density at radius 1 is 0.633 bits per heavy atom. The standard InChI is InChI=1S/C26H42O4/c1-3-5-7-8-9-10-11-12-13-14-15-16-18-22-21(17-6-4-2)19-20-23(25(27)28)24(22)26(29)30/h19-20H,3-18H2,1-2H3,(H,27,28)(H,29,30). The van der Waals surface area contributed by atoms with E-state index in [-0.39, 0.29) is 11.1 Å². The lowest BCUT2D eigenvalue weighted by Crippen LogP contribution is -2.14. The highest BCUT2D eigenvalue weighted by Crippen LogP contribution is 2.24. The van der Waals surface area contributed by atoms with Gasteiger partial charge in [0.15, 0.2) is 0 Å². The second kappa shape index (κ2) is 15.9. The first-order valence-electron chi connectivity index (χ1n) is 12.1. The summed E-state index contributed by atoms with van der Waals surface area (Å²) >= 11 is 0. The van der Waals surface area contributed by atoms with Crippen LogP contribution in [0.3, 0.4) is 0 Å². The average molecular weight is 419 g/mol. The molecule has 0 radical (unpaired) electrons. The Morgan fingerprint density at radius 3 is 1.60 bits per heavy atom. The summed E-state index contributed by atoms with van der Waals surface area (Å²) in [7, 11) is 0. The Bertz CT molecular complexity index is 636. The minimum absolute atomic E-state index is 0.000763. The van der Waals surface area contributed by atoms with Gasteiger partial charge in [-0.2, -0.15) is 0 Å². The van der Waals surface area contributed by atoms with Crippen LogP contribution in [0.25, 0.3) is 0 Å². The van der Waals surface area contributed by atoms with Crippen molar-refractivity contribution in [2.45, 2.75) is 117 Å². The van der Waals surface area contributed by atoms with E-state index < -0.39 is 11.9 Å². The van der Waals surface area contributed by atoms with Crippen LogP contribution in [0.4, 0.5) is 0 Å². The number of hydrogen-bond acceptors (Lipinski definition) is 2. The Hall–Kier alpha value is -1.84. The van der Waals surface area contributed by atoms with Gasteiger partial charge >= 0.3 is 11.9 Å². The second-order valence-electron chi connectivity index (χ2n) is 8.48. The predicted molar refractivity (Wildman–Crippen MR) is 124 cm³/mol. The quantitative estimate of drug-likeness (QED) is 0.240. The minimum atomic E-state index is -1.16. The highest BCUT2D eigenvalue weighted by atomic mass is 16.4. The van der Waals surface area contributed by atoms with E-state index in [4.69, 9.17) is 0 Å². The number of hydrogen-bond donors (Lipinski definition) is 2. The largest absolute Gasteiger partial charge is 0.478 e. The van der Waals surface area contributed by atoms with Gasteiger partial charge in [0.1, 0.15) is 0 Å². The van der Waals surface area contributed by atoms with E-state index >= 15 is 0 Å². The van der Waals surface area contributed by atoms with E-state index in [1.54, 1.807) is 0 Å². The molecular weight excluding hydrogens is 376 g/mol. The summed E-state index contributed by atoms with van der Waals surface area (Å²) in [5.41, 5.74) is 1.65. The first-order chi connectivity index (χ1) is 14.5. The number of carbonyl (C=O) groups is 2. The summed E-state index contributed by atoms with van der Waals surface area (Å²) in [5, 5.41) is 19.1. The summed E-state index contributed by atoms with van der Waals surface area (Å²) in [4.78, 5) is 23.3. The van der Waals surface area contributed by atoms with E-state index in [1.807, 2.05) is 6.07 Å². The topological polar surface area (TPSA) is 74.6 Å². The summed E-state index contributed by atoms with van der Waals surface area (Å²) in [6.07, 6.45) is 18.6. The number of unbranched alkanes of at least 4 members (excludes halogenated alkanes) is 12. The van der Waals surface area contributed by atoms with Crippen molar-refractivity contribution in [2.75, 3.05) is 0 Å². The Balaban J connectivity index is 2.48. The fourth-order valence-corrected chi connectivity index (χ4v) is 4.14. The van der Waals surface area contributed by atoms with E-state index in [0.717, 1.165) is 43.2 Å². The van der Waals surface area contributed by atoms with E-state index in [1.165, 1.54) is 70.3 Å². The van der Waals surface area contributed by atoms with E-state index in [9.17, 15) is 19.8 Å². The highest BCUT2D eigenvalue weighted by molar-refractivity contribution is 6.03. The van der Waals surface area contributed by atoms with Crippen molar-refractivity contribution in [3.05, 3.63) is 34.4 Å². The molecule has 0 saturated heterocycles. The molecule has 30 heavy (non-hydrogen) atoms. The Labute approximate surface area is 183 Å². The summed E-state index contributed by atoms with van der Waals surface area (Å²) < 4.78 is 0. The molecule has 0 spiro atoms. The lowest BCUT2D eigenvalue weighted by Gasteiger charge is -2.15. The third-order valence-corrected chi connectivity index (χ3v) is 5.93. The molecule has 4 heteroatoms. The van der Waals surface area contributed by atoms with Crippen molar-refractivity contribution in [1.29, 1.82) is 0 Å². The molecule has 0 heterocycles. The van der Waals surface area contributed by atoms with Crippen molar-refractivity contribution >= 4 is 11.9 Å². The van der Waals surface area contributed by atoms with Crippen LogP contribution >= 0.6 is 0 Å². The third-order valence-electron chi connectivity index (χ3n) is 5.93. The number of aryl methyl sites for hydroxylation is 1. The molecule has 1 rings (SSSR count). The fourth-order valence-electron chi connectivity index (χ4n) is 4.14.